The summed E-state index contributed by atoms with van der Waals surface area (Å²) in [5.74, 6) is 0.0231. The maximum atomic E-state index is 15.7. The van der Waals surface area contributed by atoms with E-state index < -0.39 is 17.3 Å². The number of benzene rings is 2. The molecule has 3 aliphatic rings. The van der Waals surface area contributed by atoms with Crippen LogP contribution in [-0.4, -0.2) is 33.7 Å². The zero-order chi connectivity index (χ0) is 24.4. The monoisotopic (exact) mass is 483 g/mol. The van der Waals surface area contributed by atoms with Crippen molar-refractivity contribution in [3.05, 3.63) is 101 Å². The highest BCUT2D eigenvalue weighted by Crippen LogP contribution is 2.55. The maximum Gasteiger partial charge on any atom is 0.220 e. The zero-order valence-corrected chi connectivity index (χ0v) is 18.9. The van der Waals surface area contributed by atoms with E-state index >= 15 is 4.39 Å². The predicted octanol–water partition coefficient (Wildman–Crippen LogP) is 4.60. The Morgan fingerprint density at radius 2 is 1.89 bits per heavy atom. The van der Waals surface area contributed by atoms with E-state index in [0.29, 0.717) is 52.6 Å². The van der Waals surface area contributed by atoms with Gasteiger partial charge in [0.15, 0.2) is 22.9 Å². The van der Waals surface area contributed by atoms with E-state index in [9.17, 15) is 4.39 Å². The molecular formula is C27H19F2N5O2. The van der Waals surface area contributed by atoms with Gasteiger partial charge in [0.1, 0.15) is 5.75 Å². The van der Waals surface area contributed by atoms with Gasteiger partial charge in [-0.1, -0.05) is 12.1 Å². The summed E-state index contributed by atoms with van der Waals surface area (Å²) >= 11 is 0. The second-order valence-corrected chi connectivity index (χ2v) is 8.86. The molecule has 0 bridgehead atoms. The molecule has 4 aromatic rings. The first kappa shape index (κ1) is 21.0. The topological polar surface area (TPSA) is 87.6 Å². The molecular weight excluding hydrogens is 464 g/mol. The fraction of sp³-hybridized carbons (Fsp3) is 0.148. The molecule has 0 radical (unpaired) electrons. The van der Waals surface area contributed by atoms with E-state index in [2.05, 4.69) is 9.97 Å². The number of fused-ring (bicyclic) bond motifs is 6. The molecule has 2 aromatic heterocycles. The Kier molecular flexibility index (Phi) is 4.40. The Bertz CT molecular complexity index is 1630. The normalized spacial score (nSPS) is 19.7. The van der Waals surface area contributed by atoms with E-state index in [1.165, 1.54) is 12.3 Å². The van der Waals surface area contributed by atoms with E-state index in [0.717, 1.165) is 12.0 Å². The van der Waals surface area contributed by atoms with Crippen LogP contribution in [0.5, 0.6) is 11.5 Å². The molecule has 36 heavy (non-hydrogen) atoms. The van der Waals surface area contributed by atoms with Crippen LogP contribution in [0.1, 0.15) is 28.9 Å². The Morgan fingerprint density at radius 1 is 1.00 bits per heavy atom. The minimum Gasteiger partial charge on any atom is -0.453 e. The average molecular weight is 483 g/mol. The van der Waals surface area contributed by atoms with Crippen LogP contribution in [0.15, 0.2) is 72.1 Å². The van der Waals surface area contributed by atoms with Crippen molar-refractivity contribution in [2.45, 2.75) is 12.0 Å². The van der Waals surface area contributed by atoms with Gasteiger partial charge in [0.05, 0.1) is 13.2 Å². The zero-order valence-electron chi connectivity index (χ0n) is 18.9. The summed E-state index contributed by atoms with van der Waals surface area (Å²) in [6, 6.07) is 11.8. The molecule has 0 aliphatic carbocycles. The van der Waals surface area contributed by atoms with Gasteiger partial charge in [-0.05, 0) is 59.5 Å². The van der Waals surface area contributed by atoms with Gasteiger partial charge in [-0.3, -0.25) is 4.57 Å². The molecule has 2 aromatic carbocycles. The summed E-state index contributed by atoms with van der Waals surface area (Å²) in [5, 5.41) is 0. The first-order chi connectivity index (χ1) is 17.6. The fourth-order valence-electron chi connectivity index (χ4n) is 5.23. The third-order valence-electron chi connectivity index (χ3n) is 6.86. The van der Waals surface area contributed by atoms with Crippen LogP contribution in [0.4, 0.5) is 8.78 Å². The van der Waals surface area contributed by atoms with Gasteiger partial charge < -0.3 is 15.2 Å². The van der Waals surface area contributed by atoms with Gasteiger partial charge in [-0.25, -0.2) is 19.4 Å². The van der Waals surface area contributed by atoms with Crippen molar-refractivity contribution >= 4 is 11.5 Å². The molecule has 0 saturated heterocycles. The van der Waals surface area contributed by atoms with E-state index in [-0.39, 0.29) is 11.7 Å². The summed E-state index contributed by atoms with van der Waals surface area (Å²) in [4.78, 5) is 13.2. The quantitative estimate of drug-likeness (QED) is 0.421. The van der Waals surface area contributed by atoms with Crippen LogP contribution in [-0.2, 0) is 10.3 Å². The number of aliphatic imine (C=N–C) groups is 1. The number of ether oxygens (including phenoxy) is 2. The molecule has 3 aliphatic heterocycles. The van der Waals surface area contributed by atoms with Gasteiger partial charge in [0, 0.05) is 35.3 Å². The van der Waals surface area contributed by atoms with Gasteiger partial charge in [-0.15, -0.1) is 0 Å². The minimum absolute atomic E-state index is 0.0527. The molecule has 7 rings (SSSR count). The van der Waals surface area contributed by atoms with Crippen molar-refractivity contribution in [2.24, 2.45) is 10.7 Å². The van der Waals surface area contributed by atoms with E-state index in [4.69, 9.17) is 20.2 Å². The molecule has 178 valence electrons. The van der Waals surface area contributed by atoms with E-state index in [1.807, 2.05) is 12.1 Å². The van der Waals surface area contributed by atoms with Crippen molar-refractivity contribution < 1.29 is 18.3 Å². The molecule has 5 heterocycles. The van der Waals surface area contributed by atoms with Gasteiger partial charge in [-0.2, -0.15) is 4.39 Å². The molecule has 2 N–H and O–H groups in total. The van der Waals surface area contributed by atoms with Crippen LogP contribution >= 0.6 is 0 Å². The Hall–Kier alpha value is -4.37. The third-order valence-corrected chi connectivity index (χ3v) is 6.86. The number of halogens is 2. The van der Waals surface area contributed by atoms with Crippen molar-refractivity contribution in [1.29, 1.82) is 0 Å². The molecule has 9 heteroatoms. The van der Waals surface area contributed by atoms with Gasteiger partial charge in [0.25, 0.3) is 0 Å². The summed E-state index contributed by atoms with van der Waals surface area (Å²) in [7, 11) is 0. The fourth-order valence-corrected chi connectivity index (χ4v) is 5.23. The SMILES string of the molecule is NC1=NC2(c3cc(-c4cccnc4F)ccc3Oc3c(F)cc(C4=CCCOC4)cc32)c2nccn21. The first-order valence-electron chi connectivity index (χ1n) is 11.5. The Labute approximate surface area is 204 Å². The summed E-state index contributed by atoms with van der Waals surface area (Å²) in [6.07, 6.45) is 7.51. The summed E-state index contributed by atoms with van der Waals surface area (Å²) in [5.41, 5.74) is 8.54. The average Bonchev–Trinajstić information content (AvgIpc) is 3.49. The number of imidazole rings is 1. The smallest absolute Gasteiger partial charge is 0.220 e. The molecule has 0 amide bonds. The number of nitrogens with two attached hydrogens (primary N) is 1. The van der Waals surface area contributed by atoms with Gasteiger partial charge in [0.2, 0.25) is 11.9 Å². The number of nitrogens with zero attached hydrogens (tertiary/aromatic N) is 4. The lowest BCUT2D eigenvalue weighted by Crippen LogP contribution is -2.31. The molecule has 7 nitrogen and oxygen atoms in total. The highest BCUT2D eigenvalue weighted by Gasteiger charge is 2.51. The lowest BCUT2D eigenvalue weighted by atomic mass is 9.78. The van der Waals surface area contributed by atoms with Crippen LogP contribution in [0.25, 0.3) is 16.7 Å². The standard InChI is InChI=1S/C27H19F2N5O2/c28-21-13-17(16-3-2-10-35-14-16)12-20-23(21)36-22-6-5-15(18-4-1-7-31-24(18)29)11-19(22)27(20)25-32-8-9-34(25)26(30)33-27/h1,3-9,11-13H,2,10,14H2,(H2,30,33). The second kappa shape index (κ2) is 7.56. The predicted molar refractivity (Wildman–Crippen MR) is 129 cm³/mol. The minimum atomic E-state index is -1.29. The lowest BCUT2D eigenvalue weighted by molar-refractivity contribution is 0.164. The van der Waals surface area contributed by atoms with E-state index in [1.54, 1.807) is 47.3 Å². The second-order valence-electron chi connectivity index (χ2n) is 8.86. The molecule has 0 saturated carbocycles. The Balaban J connectivity index is 1.53. The van der Waals surface area contributed by atoms with Crippen LogP contribution in [0.3, 0.4) is 0 Å². The maximum absolute atomic E-state index is 15.7. The summed E-state index contributed by atoms with van der Waals surface area (Å²) < 4.78 is 43.6. The van der Waals surface area contributed by atoms with Crippen molar-refractivity contribution in [3.8, 4) is 22.6 Å². The number of hydrogen-bond donors (Lipinski definition) is 1. The molecule has 1 unspecified atom stereocenters. The number of pyridine rings is 1. The van der Waals surface area contributed by atoms with Crippen LogP contribution < -0.4 is 10.5 Å². The van der Waals surface area contributed by atoms with Gasteiger partial charge >= 0.3 is 0 Å². The number of aromatic nitrogens is 3. The summed E-state index contributed by atoms with van der Waals surface area (Å²) in [6.45, 7) is 1.01. The van der Waals surface area contributed by atoms with Crippen molar-refractivity contribution in [1.82, 2.24) is 14.5 Å². The highest BCUT2D eigenvalue weighted by molar-refractivity contribution is 5.87. The van der Waals surface area contributed by atoms with Crippen LogP contribution in [0.2, 0.25) is 0 Å². The lowest BCUT2D eigenvalue weighted by Gasteiger charge is -2.35. The Morgan fingerprint density at radius 3 is 2.72 bits per heavy atom. The first-order valence-corrected chi connectivity index (χ1v) is 11.5. The highest BCUT2D eigenvalue weighted by atomic mass is 19.1. The van der Waals surface area contributed by atoms with Crippen LogP contribution in [0, 0.1) is 11.8 Å². The largest absolute Gasteiger partial charge is 0.453 e. The van der Waals surface area contributed by atoms with Crippen molar-refractivity contribution in [2.75, 3.05) is 13.2 Å². The molecule has 1 atom stereocenters. The number of hydrogen-bond acceptors (Lipinski definition) is 6. The number of rotatable bonds is 2. The molecule has 0 fully saturated rings. The van der Waals surface area contributed by atoms with Crippen molar-refractivity contribution in [3.63, 3.8) is 0 Å². The third kappa shape index (κ3) is 2.83. The molecule has 1 spiro atoms.